The van der Waals surface area contributed by atoms with Gasteiger partial charge in [0.15, 0.2) is 0 Å². The van der Waals surface area contributed by atoms with E-state index < -0.39 is 0 Å². The van der Waals surface area contributed by atoms with Crippen LogP contribution >= 0.6 is 0 Å². The maximum atomic E-state index is 6.35. The van der Waals surface area contributed by atoms with Gasteiger partial charge in [0.05, 0.1) is 0 Å². The van der Waals surface area contributed by atoms with Crippen molar-refractivity contribution in [2.24, 2.45) is 11.7 Å². The molecule has 1 atom stereocenters. The monoisotopic (exact) mass is 218 g/mol. The molecule has 16 heavy (non-hydrogen) atoms. The maximum Gasteiger partial charge on any atom is 0.0372 e. The van der Waals surface area contributed by atoms with Gasteiger partial charge in [0.1, 0.15) is 0 Å². The molecule has 2 heteroatoms. The largest absolute Gasteiger partial charge is 0.324 e. The van der Waals surface area contributed by atoms with Crippen molar-refractivity contribution in [1.82, 2.24) is 4.98 Å². The Balaban J connectivity index is 2.04. The minimum atomic E-state index is 0.186. The average Bonchev–Trinajstić information content (AvgIpc) is 2.57. The molecule has 88 valence electrons. The molecule has 2 N–H and O–H groups in total. The van der Waals surface area contributed by atoms with E-state index >= 15 is 0 Å². The van der Waals surface area contributed by atoms with E-state index in [0.29, 0.717) is 5.92 Å². The van der Waals surface area contributed by atoms with Crippen molar-refractivity contribution in [1.29, 1.82) is 0 Å². The average molecular weight is 218 g/mol. The molecule has 0 spiro atoms. The first kappa shape index (κ1) is 11.6. The van der Waals surface area contributed by atoms with Crippen LogP contribution in [0.1, 0.15) is 55.8 Å². The third kappa shape index (κ3) is 2.82. The minimum Gasteiger partial charge on any atom is -0.324 e. The molecule has 1 aromatic heterocycles. The molecule has 0 bridgehead atoms. The highest BCUT2D eigenvalue weighted by atomic mass is 14.7. The van der Waals surface area contributed by atoms with Crippen LogP contribution in [0.5, 0.6) is 0 Å². The Morgan fingerprint density at radius 3 is 2.44 bits per heavy atom. The number of nitrogens with two attached hydrogens (primary N) is 1. The second kappa shape index (κ2) is 5.44. The fourth-order valence-corrected chi connectivity index (χ4v) is 2.62. The number of rotatable bonds is 2. The molecule has 1 saturated carbocycles. The first-order valence-electron chi connectivity index (χ1n) is 6.45. The summed E-state index contributed by atoms with van der Waals surface area (Å²) in [6.45, 7) is 2.01. The molecule has 2 rings (SSSR count). The van der Waals surface area contributed by atoms with Gasteiger partial charge in [-0.05, 0) is 37.3 Å². The lowest BCUT2D eigenvalue weighted by molar-refractivity contribution is 0.382. The van der Waals surface area contributed by atoms with Gasteiger partial charge in [-0.15, -0.1) is 0 Å². The number of hydrogen-bond donors (Lipinski definition) is 1. The summed E-state index contributed by atoms with van der Waals surface area (Å²) in [7, 11) is 0. The lowest BCUT2D eigenvalue weighted by Crippen LogP contribution is -2.21. The highest BCUT2D eigenvalue weighted by Gasteiger charge is 2.20. The molecule has 0 amide bonds. The Kier molecular flexibility index (Phi) is 3.94. The molecule has 0 aromatic carbocycles. The van der Waals surface area contributed by atoms with Crippen molar-refractivity contribution in [3.8, 4) is 0 Å². The number of hydrogen-bond acceptors (Lipinski definition) is 2. The molecule has 1 aliphatic rings. The summed E-state index contributed by atoms with van der Waals surface area (Å²) in [4.78, 5) is 4.34. The number of aromatic nitrogens is 1. The van der Waals surface area contributed by atoms with Crippen LogP contribution in [-0.2, 0) is 0 Å². The predicted molar refractivity (Wildman–Crippen MR) is 67.1 cm³/mol. The Morgan fingerprint density at radius 1 is 1.19 bits per heavy atom. The smallest absolute Gasteiger partial charge is 0.0372 e. The Labute approximate surface area is 98.3 Å². The number of aryl methyl sites for hydroxylation is 1. The van der Waals surface area contributed by atoms with Gasteiger partial charge in [0.2, 0.25) is 0 Å². The Morgan fingerprint density at radius 2 is 1.88 bits per heavy atom. The van der Waals surface area contributed by atoms with Crippen LogP contribution < -0.4 is 5.73 Å². The second-order valence-electron chi connectivity index (χ2n) is 5.01. The van der Waals surface area contributed by atoms with Crippen molar-refractivity contribution in [3.63, 3.8) is 0 Å². The zero-order valence-corrected chi connectivity index (χ0v) is 10.2. The summed E-state index contributed by atoms with van der Waals surface area (Å²) in [6.07, 6.45) is 9.98. The molecule has 1 aromatic rings. The van der Waals surface area contributed by atoms with Crippen molar-refractivity contribution < 1.29 is 0 Å². The molecule has 1 aliphatic carbocycles. The summed E-state index contributed by atoms with van der Waals surface area (Å²) in [5.41, 5.74) is 8.62. The predicted octanol–water partition coefficient (Wildman–Crippen LogP) is 3.36. The van der Waals surface area contributed by atoms with Gasteiger partial charge in [-0.2, -0.15) is 0 Å². The summed E-state index contributed by atoms with van der Waals surface area (Å²) in [5, 5.41) is 0. The standard InChI is InChI=1S/C14H22N2/c1-11-8-9-13(10-16-11)14(15)12-6-4-2-3-5-7-12/h8-10,12,14H,2-7,15H2,1H3. The van der Waals surface area contributed by atoms with Crippen LogP contribution in [0, 0.1) is 12.8 Å². The molecular formula is C14H22N2. The second-order valence-corrected chi connectivity index (χ2v) is 5.01. The van der Waals surface area contributed by atoms with Crippen LogP contribution in [0.4, 0.5) is 0 Å². The van der Waals surface area contributed by atoms with Crippen LogP contribution in [0.15, 0.2) is 18.3 Å². The van der Waals surface area contributed by atoms with Gasteiger partial charge in [-0.1, -0.05) is 31.7 Å². The summed E-state index contributed by atoms with van der Waals surface area (Å²) in [6, 6.07) is 4.38. The van der Waals surface area contributed by atoms with Gasteiger partial charge < -0.3 is 5.73 Å². The lowest BCUT2D eigenvalue weighted by atomic mass is 9.88. The molecule has 1 unspecified atom stereocenters. The number of pyridine rings is 1. The molecule has 1 heterocycles. The normalized spacial score (nSPS) is 20.4. The van der Waals surface area contributed by atoms with Crippen molar-refractivity contribution in [2.45, 2.75) is 51.5 Å². The molecule has 0 radical (unpaired) electrons. The van der Waals surface area contributed by atoms with E-state index in [2.05, 4.69) is 17.1 Å². The van der Waals surface area contributed by atoms with Gasteiger partial charge >= 0.3 is 0 Å². The van der Waals surface area contributed by atoms with Crippen molar-refractivity contribution in [3.05, 3.63) is 29.6 Å². The Hall–Kier alpha value is -0.890. The molecular weight excluding hydrogens is 196 g/mol. The summed E-state index contributed by atoms with van der Waals surface area (Å²) in [5.74, 6) is 0.659. The molecule has 0 aliphatic heterocycles. The fraction of sp³-hybridized carbons (Fsp3) is 0.643. The van der Waals surface area contributed by atoms with Crippen LogP contribution in [-0.4, -0.2) is 4.98 Å². The van der Waals surface area contributed by atoms with Gasteiger partial charge in [-0.3, -0.25) is 4.98 Å². The van der Waals surface area contributed by atoms with Crippen LogP contribution in [0.3, 0.4) is 0 Å². The zero-order valence-electron chi connectivity index (χ0n) is 10.2. The summed E-state index contributed by atoms with van der Waals surface area (Å²) >= 11 is 0. The molecule has 2 nitrogen and oxygen atoms in total. The highest BCUT2D eigenvalue weighted by Crippen LogP contribution is 2.31. The van der Waals surface area contributed by atoms with Crippen molar-refractivity contribution in [2.75, 3.05) is 0 Å². The topological polar surface area (TPSA) is 38.9 Å². The third-order valence-corrected chi connectivity index (χ3v) is 3.73. The van der Waals surface area contributed by atoms with Crippen LogP contribution in [0.25, 0.3) is 0 Å². The quantitative estimate of drug-likeness (QED) is 0.773. The van der Waals surface area contributed by atoms with E-state index in [1.807, 2.05) is 13.1 Å². The first-order valence-corrected chi connectivity index (χ1v) is 6.45. The zero-order chi connectivity index (χ0) is 11.4. The molecule has 1 fully saturated rings. The SMILES string of the molecule is Cc1ccc(C(N)C2CCCCCC2)cn1. The molecule has 0 saturated heterocycles. The van der Waals surface area contributed by atoms with E-state index in [4.69, 9.17) is 5.73 Å². The summed E-state index contributed by atoms with van der Waals surface area (Å²) < 4.78 is 0. The van der Waals surface area contributed by atoms with Crippen LogP contribution in [0.2, 0.25) is 0 Å². The lowest BCUT2D eigenvalue weighted by Gasteiger charge is -2.22. The van der Waals surface area contributed by atoms with Gasteiger partial charge in [0.25, 0.3) is 0 Å². The van der Waals surface area contributed by atoms with E-state index in [1.165, 1.54) is 44.1 Å². The third-order valence-electron chi connectivity index (χ3n) is 3.73. The first-order chi connectivity index (χ1) is 7.77. The van der Waals surface area contributed by atoms with E-state index in [1.54, 1.807) is 0 Å². The number of nitrogens with zero attached hydrogens (tertiary/aromatic N) is 1. The van der Waals surface area contributed by atoms with E-state index in [-0.39, 0.29) is 6.04 Å². The Bertz CT molecular complexity index is 310. The van der Waals surface area contributed by atoms with E-state index in [9.17, 15) is 0 Å². The van der Waals surface area contributed by atoms with Gasteiger partial charge in [0, 0.05) is 17.9 Å². The fourth-order valence-electron chi connectivity index (χ4n) is 2.62. The van der Waals surface area contributed by atoms with E-state index in [0.717, 1.165) is 5.69 Å². The van der Waals surface area contributed by atoms with Gasteiger partial charge in [-0.25, -0.2) is 0 Å². The maximum absolute atomic E-state index is 6.35. The highest BCUT2D eigenvalue weighted by molar-refractivity contribution is 5.17. The minimum absolute atomic E-state index is 0.186. The van der Waals surface area contributed by atoms with Crippen molar-refractivity contribution >= 4 is 0 Å².